The van der Waals surface area contributed by atoms with E-state index in [4.69, 9.17) is 23.3 Å². The van der Waals surface area contributed by atoms with Crippen LogP contribution in [-0.2, 0) is 28.4 Å². The number of benzene rings is 2. The Balaban J connectivity index is 0. The normalized spacial score (nSPS) is 12.4. The third-order valence-electron chi connectivity index (χ3n) is 13.9. The van der Waals surface area contributed by atoms with Crippen LogP contribution in [-0.4, -0.2) is 78.4 Å². The van der Waals surface area contributed by atoms with Crippen LogP contribution in [0.3, 0.4) is 0 Å². The molecule has 0 radical (unpaired) electrons. The molecule has 0 aliphatic heterocycles. The average molecular weight is 1190 g/mol. The Hall–Kier alpha value is -4.20. The second kappa shape index (κ2) is 55.7. The van der Waals surface area contributed by atoms with Crippen molar-refractivity contribution in [2.75, 3.05) is 32.8 Å². The van der Waals surface area contributed by atoms with Crippen molar-refractivity contribution in [3.63, 3.8) is 0 Å². The number of ether oxygens (including phenoxy) is 3. The minimum atomic E-state index is -4.11. The molecule has 2 N–H and O–H groups in total. The number of esters is 2. The van der Waals surface area contributed by atoms with E-state index in [1.807, 2.05) is 13.8 Å². The van der Waals surface area contributed by atoms with Crippen LogP contribution in [0, 0.1) is 10.1 Å². The van der Waals surface area contributed by atoms with Crippen LogP contribution >= 0.6 is 7.75 Å². The molecule has 0 heterocycles. The summed E-state index contributed by atoms with van der Waals surface area (Å²) < 4.78 is 40.6. The number of non-ortho nitro benzene ring substituents is 1. The molecule has 2 aromatic rings. The quantitative estimate of drug-likeness (QED) is 0.0159. The molecule has 1 amide bonds. The lowest BCUT2D eigenvalue weighted by Gasteiger charge is -2.23. The molecule has 2 aromatic carbocycles. The summed E-state index contributed by atoms with van der Waals surface area (Å²) in [5.74, 6) is -0.614. The number of para-hydroxylation sites is 1. The Kier molecular flexibility index (Phi) is 54.2. The van der Waals surface area contributed by atoms with Crippen LogP contribution in [0.2, 0.25) is 0 Å². The summed E-state index contributed by atoms with van der Waals surface area (Å²) in [4.78, 5) is 49.0. The molecule has 83 heavy (non-hydrogen) atoms. The Labute approximate surface area is 507 Å². The van der Waals surface area contributed by atoms with Crippen LogP contribution in [0.1, 0.15) is 289 Å². The molecule has 0 aliphatic carbocycles. The second-order valence-electron chi connectivity index (χ2n) is 22.5. The molecule has 0 spiro atoms. The molecule has 0 fully saturated rings. The van der Waals surface area contributed by atoms with E-state index in [1.165, 1.54) is 224 Å². The zero-order chi connectivity index (χ0) is 62.3. The SMILES string of the molecule is CC.CCCCCCCCCCCCCCCCCCOC(=O)[C@H](C)NC(=O)OC(C)(C)C.CCCCCCCCCCCCCCCCCCOC(=O)[C@H](C)NP(=O)(Oc1ccccc1)Oc1ccc([N+](=O)[O-])cc1.CCN(CC)CC. The van der Waals surface area contributed by atoms with Gasteiger partial charge in [0.05, 0.1) is 18.1 Å². The lowest BCUT2D eigenvalue weighted by Crippen LogP contribution is -2.42. The van der Waals surface area contributed by atoms with E-state index < -0.39 is 48.4 Å². The highest BCUT2D eigenvalue weighted by Gasteiger charge is 2.34. The number of nitrogens with zero attached hydrogens (tertiary/aromatic N) is 2. The van der Waals surface area contributed by atoms with Gasteiger partial charge in [-0.3, -0.25) is 14.9 Å². The Bertz CT molecular complexity index is 1860. The number of nitro groups is 1. The highest BCUT2D eigenvalue weighted by molar-refractivity contribution is 7.52. The number of unbranched alkanes of at least 4 members (excludes halogenated alkanes) is 30. The molecule has 0 saturated heterocycles. The fourth-order valence-electron chi connectivity index (χ4n) is 8.86. The molecule has 0 bridgehead atoms. The summed E-state index contributed by atoms with van der Waals surface area (Å²) in [5, 5.41) is 16.1. The van der Waals surface area contributed by atoms with Crippen molar-refractivity contribution in [3.8, 4) is 11.5 Å². The average Bonchev–Trinajstić information content (AvgIpc) is 3.45. The molecule has 0 aliphatic rings. The molecular formula is C67H123N4O11P. The highest BCUT2D eigenvalue weighted by Crippen LogP contribution is 2.45. The molecule has 482 valence electrons. The van der Waals surface area contributed by atoms with Gasteiger partial charge in [0.25, 0.3) is 5.69 Å². The molecule has 2 rings (SSSR count). The van der Waals surface area contributed by atoms with Gasteiger partial charge >= 0.3 is 25.8 Å². The number of carbonyl (C=O) groups is 3. The predicted octanol–water partition coefficient (Wildman–Crippen LogP) is 20.0. The topological polar surface area (TPSA) is 185 Å². The van der Waals surface area contributed by atoms with Crippen molar-refractivity contribution in [2.45, 2.75) is 306 Å². The minimum Gasteiger partial charge on any atom is -0.465 e. The zero-order valence-electron chi connectivity index (χ0n) is 54.8. The largest absolute Gasteiger partial charge is 0.513 e. The van der Waals surface area contributed by atoms with Crippen molar-refractivity contribution >= 4 is 31.5 Å². The Morgan fingerprint density at radius 3 is 1.12 bits per heavy atom. The van der Waals surface area contributed by atoms with Crippen molar-refractivity contribution in [1.29, 1.82) is 0 Å². The van der Waals surface area contributed by atoms with Crippen molar-refractivity contribution in [1.82, 2.24) is 15.3 Å². The lowest BCUT2D eigenvalue weighted by atomic mass is 10.0. The van der Waals surface area contributed by atoms with E-state index in [2.05, 4.69) is 49.9 Å². The molecular weight excluding hydrogens is 1070 g/mol. The van der Waals surface area contributed by atoms with E-state index in [-0.39, 0.29) is 23.8 Å². The van der Waals surface area contributed by atoms with Crippen molar-refractivity contribution < 1.29 is 47.1 Å². The number of hydrogen-bond donors (Lipinski definition) is 2. The maximum atomic E-state index is 13.6. The maximum absolute atomic E-state index is 13.6. The third-order valence-corrected chi connectivity index (χ3v) is 15.5. The number of rotatable bonds is 47. The number of hydrogen-bond acceptors (Lipinski definition) is 12. The van der Waals surface area contributed by atoms with Gasteiger partial charge in [-0.2, -0.15) is 5.09 Å². The van der Waals surface area contributed by atoms with Crippen molar-refractivity contribution in [2.24, 2.45) is 0 Å². The molecule has 16 heteroatoms. The lowest BCUT2D eigenvalue weighted by molar-refractivity contribution is -0.384. The van der Waals surface area contributed by atoms with Gasteiger partial charge in [-0.15, -0.1) is 0 Å². The fourth-order valence-corrected chi connectivity index (χ4v) is 10.4. The first-order chi connectivity index (χ1) is 39.9. The summed E-state index contributed by atoms with van der Waals surface area (Å²) in [6.45, 7) is 27.8. The molecule has 15 nitrogen and oxygen atoms in total. The van der Waals surface area contributed by atoms with Crippen LogP contribution < -0.4 is 19.5 Å². The van der Waals surface area contributed by atoms with Crippen molar-refractivity contribution in [3.05, 3.63) is 64.7 Å². The monoisotopic (exact) mass is 1190 g/mol. The van der Waals surface area contributed by atoms with Gasteiger partial charge in [0, 0.05) is 12.1 Å². The fraction of sp³-hybridized carbons (Fsp3) is 0.776. The predicted molar refractivity (Wildman–Crippen MR) is 346 cm³/mol. The summed E-state index contributed by atoms with van der Waals surface area (Å²) in [7, 11) is -4.11. The highest BCUT2D eigenvalue weighted by atomic mass is 31.2. The molecule has 1 unspecified atom stereocenters. The Morgan fingerprint density at radius 1 is 0.506 bits per heavy atom. The van der Waals surface area contributed by atoms with Gasteiger partial charge in [0.2, 0.25) is 0 Å². The first-order valence-electron chi connectivity index (χ1n) is 33.1. The maximum Gasteiger partial charge on any atom is 0.513 e. The second-order valence-corrected chi connectivity index (χ2v) is 24.1. The van der Waals surface area contributed by atoms with E-state index in [0.29, 0.717) is 6.61 Å². The molecule has 0 saturated carbocycles. The standard InChI is InChI=1S/C33H51N2O7P.C26H51NO4.C6H15N.C2H6/c1-3-4-5-6-7-8-9-10-11-12-13-14-15-16-17-21-28-40-33(36)29(2)34-43(39,41-31-22-19-18-20-23-31)42-32-26-24-30(25-27-32)35(37)38;1-6-7-8-9-10-11-12-13-14-15-16-17-18-19-20-21-22-30-24(28)23(2)27-25(29)31-26(3,4)5;1-4-7(5-2)6-3;1-2/h18-20,22-27,29H,3-17,21,28H2,1-2H3,(H,34,39);23H,6-22H2,1-5H3,(H,27,29);4-6H2,1-3H3;1-2H3/t29-,43?;23-;;/m00../s1. The molecule has 3 atom stereocenters. The summed E-state index contributed by atoms with van der Waals surface area (Å²) in [6, 6.07) is 11.8. The van der Waals surface area contributed by atoms with Crippen LogP contribution in [0.4, 0.5) is 10.5 Å². The first-order valence-corrected chi connectivity index (χ1v) is 34.6. The van der Waals surface area contributed by atoms with Gasteiger partial charge < -0.3 is 33.5 Å². The van der Waals surface area contributed by atoms with E-state index in [0.717, 1.165) is 32.1 Å². The van der Waals surface area contributed by atoms with Crippen LogP contribution in [0.25, 0.3) is 0 Å². The summed E-state index contributed by atoms with van der Waals surface area (Å²) >= 11 is 0. The smallest absolute Gasteiger partial charge is 0.465 e. The number of amides is 1. The van der Waals surface area contributed by atoms with Gasteiger partial charge in [-0.25, -0.2) is 14.2 Å². The number of nitro benzene ring substituents is 1. The number of alkyl carbamates (subject to hydrolysis) is 1. The van der Waals surface area contributed by atoms with Gasteiger partial charge in [0.1, 0.15) is 29.2 Å². The van der Waals surface area contributed by atoms with Gasteiger partial charge in [-0.05, 0) is 91.4 Å². The summed E-state index contributed by atoms with van der Waals surface area (Å²) in [5.41, 5.74) is -0.716. The number of carbonyl (C=O) groups excluding carboxylic acids is 3. The van der Waals surface area contributed by atoms with Gasteiger partial charge in [-0.1, -0.05) is 259 Å². The third kappa shape index (κ3) is 50.8. The van der Waals surface area contributed by atoms with E-state index in [1.54, 1.807) is 58.0 Å². The number of nitrogens with one attached hydrogen (secondary N) is 2. The zero-order valence-corrected chi connectivity index (χ0v) is 55.7. The van der Waals surface area contributed by atoms with E-state index >= 15 is 0 Å². The molecule has 0 aromatic heterocycles. The van der Waals surface area contributed by atoms with E-state index in [9.17, 15) is 29.1 Å². The van der Waals surface area contributed by atoms with Crippen LogP contribution in [0.5, 0.6) is 11.5 Å². The minimum absolute atomic E-state index is 0.0890. The first kappa shape index (κ1) is 80.9. The summed E-state index contributed by atoms with van der Waals surface area (Å²) in [6.07, 6.45) is 40.8. The van der Waals surface area contributed by atoms with Crippen LogP contribution in [0.15, 0.2) is 54.6 Å². The Morgan fingerprint density at radius 2 is 0.819 bits per heavy atom. The van der Waals surface area contributed by atoms with Gasteiger partial charge in [0.15, 0.2) is 0 Å².